The summed E-state index contributed by atoms with van der Waals surface area (Å²) in [4.78, 5) is 9.60. The number of hydrogen-bond acceptors (Lipinski definition) is 5. The van der Waals surface area contributed by atoms with Gasteiger partial charge in [-0.1, -0.05) is 55.1 Å². The summed E-state index contributed by atoms with van der Waals surface area (Å²) < 4.78 is 15.1. The number of phenols is 1. The van der Waals surface area contributed by atoms with Crippen LogP contribution in [0.5, 0.6) is 5.75 Å². The van der Waals surface area contributed by atoms with Crippen LogP contribution in [0.25, 0.3) is 11.1 Å². The summed E-state index contributed by atoms with van der Waals surface area (Å²) in [7, 11) is 0. The minimum atomic E-state index is -0.935. The highest BCUT2D eigenvalue weighted by atomic mass is 16.6. The Morgan fingerprint density at radius 3 is 1.93 bits per heavy atom. The summed E-state index contributed by atoms with van der Waals surface area (Å²) in [6, 6.07) is 17.2. The summed E-state index contributed by atoms with van der Waals surface area (Å²) in [5.74, 6) is -0.608. The molecule has 2 aliphatic heterocycles. The Balaban J connectivity index is 0.000000163. The van der Waals surface area contributed by atoms with E-state index in [9.17, 15) is 9.90 Å². The molecule has 0 amide bonds. The van der Waals surface area contributed by atoms with Crippen LogP contribution in [0.4, 0.5) is 0 Å². The van der Waals surface area contributed by atoms with Crippen LogP contribution in [0.3, 0.4) is 0 Å². The molecule has 0 bridgehead atoms. The van der Waals surface area contributed by atoms with E-state index in [-0.39, 0.29) is 5.57 Å². The molecule has 0 aromatic heterocycles. The molecule has 28 heavy (non-hydrogen) atoms. The number of rotatable bonds is 6. The Labute approximate surface area is 165 Å². The van der Waals surface area contributed by atoms with Gasteiger partial charge in [0.1, 0.15) is 18.0 Å². The summed E-state index contributed by atoms with van der Waals surface area (Å²) >= 11 is 0. The smallest absolute Gasteiger partial charge is 0.330 e. The SMILES string of the molecule is C(OCC1CO1)C1CO1.C=C(C)C(=O)O.Oc1ccccc1-c1ccccc1. The van der Waals surface area contributed by atoms with Crippen molar-refractivity contribution >= 4 is 5.97 Å². The molecule has 2 aliphatic rings. The monoisotopic (exact) mass is 386 g/mol. The number of carbonyl (C=O) groups is 1. The van der Waals surface area contributed by atoms with E-state index >= 15 is 0 Å². The lowest BCUT2D eigenvalue weighted by molar-refractivity contribution is -0.132. The van der Waals surface area contributed by atoms with Crippen LogP contribution < -0.4 is 0 Å². The van der Waals surface area contributed by atoms with E-state index in [4.69, 9.17) is 19.3 Å². The third-order valence-corrected chi connectivity index (χ3v) is 3.77. The molecule has 2 aromatic rings. The molecule has 150 valence electrons. The first-order valence-electron chi connectivity index (χ1n) is 9.00. The molecule has 0 spiro atoms. The van der Waals surface area contributed by atoms with Gasteiger partial charge in [0.15, 0.2) is 0 Å². The zero-order chi connectivity index (χ0) is 20.4. The first-order chi connectivity index (χ1) is 13.5. The molecular formula is C22H26O6. The van der Waals surface area contributed by atoms with Crippen LogP contribution >= 0.6 is 0 Å². The zero-order valence-electron chi connectivity index (χ0n) is 15.9. The maximum Gasteiger partial charge on any atom is 0.330 e. The second-order valence-electron chi connectivity index (χ2n) is 6.42. The van der Waals surface area contributed by atoms with Gasteiger partial charge in [-0.25, -0.2) is 4.79 Å². The molecule has 6 heteroatoms. The molecule has 2 atom stereocenters. The number of phenolic OH excluding ortho intramolecular Hbond substituents is 1. The van der Waals surface area contributed by atoms with Crippen molar-refractivity contribution in [1.29, 1.82) is 0 Å². The minimum Gasteiger partial charge on any atom is -0.507 e. The molecule has 2 N–H and O–H groups in total. The number of benzene rings is 2. The standard InChI is InChI=1S/C12H10O.C6H10O3.C4H6O2/c13-12-9-5-4-8-11(12)10-6-2-1-3-7-10;1(5-3-8-5)7-2-6-4-9-6;1-3(2)4(5)6/h1-9,13H;5-6H,1-4H2;1H2,2H3,(H,5,6). The molecule has 4 rings (SSSR count). The average molecular weight is 386 g/mol. The van der Waals surface area contributed by atoms with Gasteiger partial charge in [0.05, 0.1) is 26.4 Å². The van der Waals surface area contributed by atoms with E-state index in [2.05, 4.69) is 6.58 Å². The first kappa shape index (κ1) is 21.6. The number of epoxide rings is 2. The van der Waals surface area contributed by atoms with E-state index in [1.54, 1.807) is 6.07 Å². The summed E-state index contributed by atoms with van der Waals surface area (Å²) in [5.41, 5.74) is 2.10. The van der Waals surface area contributed by atoms with Crippen LogP contribution in [0.1, 0.15) is 6.92 Å². The average Bonchev–Trinajstić information content (AvgIpc) is 3.60. The number of aromatic hydroxyl groups is 1. The summed E-state index contributed by atoms with van der Waals surface area (Å²) in [6.07, 6.45) is 0.785. The molecular weight excluding hydrogens is 360 g/mol. The van der Waals surface area contributed by atoms with Crippen LogP contribution in [-0.4, -0.2) is 54.8 Å². The van der Waals surface area contributed by atoms with Crippen molar-refractivity contribution in [2.24, 2.45) is 0 Å². The lowest BCUT2D eigenvalue weighted by Crippen LogP contribution is -2.06. The number of carboxylic acid groups (broad SMARTS) is 1. The quantitative estimate of drug-likeness (QED) is 0.583. The van der Waals surface area contributed by atoms with Gasteiger partial charge < -0.3 is 24.4 Å². The Kier molecular flexibility index (Phi) is 8.68. The van der Waals surface area contributed by atoms with E-state index in [0.29, 0.717) is 18.0 Å². The molecule has 2 fully saturated rings. The molecule has 0 aliphatic carbocycles. The van der Waals surface area contributed by atoms with Gasteiger partial charge in [-0.15, -0.1) is 0 Å². The topological polar surface area (TPSA) is 91.8 Å². The first-order valence-corrected chi connectivity index (χ1v) is 9.00. The van der Waals surface area contributed by atoms with Crippen molar-refractivity contribution in [2.45, 2.75) is 19.1 Å². The van der Waals surface area contributed by atoms with Gasteiger partial charge in [0.25, 0.3) is 0 Å². The fraction of sp³-hybridized carbons (Fsp3) is 0.318. The number of hydrogen-bond donors (Lipinski definition) is 2. The predicted molar refractivity (Wildman–Crippen MR) is 106 cm³/mol. The van der Waals surface area contributed by atoms with Crippen LogP contribution in [-0.2, 0) is 19.0 Å². The lowest BCUT2D eigenvalue weighted by Gasteiger charge is -2.02. The molecule has 2 saturated heterocycles. The maximum atomic E-state index is 9.60. The number of para-hydroxylation sites is 1. The van der Waals surface area contributed by atoms with Crippen molar-refractivity contribution in [3.63, 3.8) is 0 Å². The normalized spacial score (nSPS) is 18.6. The van der Waals surface area contributed by atoms with Crippen LogP contribution in [0.15, 0.2) is 66.7 Å². The van der Waals surface area contributed by atoms with Gasteiger partial charge >= 0.3 is 5.97 Å². The van der Waals surface area contributed by atoms with Crippen molar-refractivity contribution in [3.8, 4) is 16.9 Å². The third kappa shape index (κ3) is 8.81. The maximum absolute atomic E-state index is 9.60. The highest BCUT2D eigenvalue weighted by Gasteiger charge is 2.26. The van der Waals surface area contributed by atoms with Gasteiger partial charge in [0.2, 0.25) is 0 Å². The van der Waals surface area contributed by atoms with Crippen molar-refractivity contribution in [2.75, 3.05) is 26.4 Å². The van der Waals surface area contributed by atoms with Gasteiger partial charge in [-0.2, -0.15) is 0 Å². The predicted octanol–water partition coefficient (Wildman–Crippen LogP) is 3.51. The molecule has 2 heterocycles. The van der Waals surface area contributed by atoms with Crippen molar-refractivity contribution in [1.82, 2.24) is 0 Å². The summed E-state index contributed by atoms with van der Waals surface area (Å²) in [6.45, 7) is 7.86. The van der Waals surface area contributed by atoms with E-state index in [1.165, 1.54) is 6.92 Å². The van der Waals surface area contributed by atoms with E-state index < -0.39 is 5.97 Å². The number of carboxylic acids is 1. The Bertz CT molecular complexity index is 727. The molecule has 0 radical (unpaired) electrons. The largest absolute Gasteiger partial charge is 0.507 e. The van der Waals surface area contributed by atoms with Crippen molar-refractivity contribution in [3.05, 3.63) is 66.7 Å². The highest BCUT2D eigenvalue weighted by Crippen LogP contribution is 2.27. The third-order valence-electron chi connectivity index (χ3n) is 3.77. The molecule has 2 aromatic carbocycles. The minimum absolute atomic E-state index is 0.176. The van der Waals surface area contributed by atoms with Crippen LogP contribution in [0.2, 0.25) is 0 Å². The fourth-order valence-corrected chi connectivity index (χ4v) is 1.99. The second-order valence-corrected chi connectivity index (χ2v) is 6.42. The van der Waals surface area contributed by atoms with Crippen LogP contribution in [0, 0.1) is 0 Å². The van der Waals surface area contributed by atoms with E-state index in [0.717, 1.165) is 37.6 Å². The Hall–Kier alpha value is -2.67. The Morgan fingerprint density at radius 1 is 1.04 bits per heavy atom. The fourth-order valence-electron chi connectivity index (χ4n) is 1.99. The summed E-state index contributed by atoms with van der Waals surface area (Å²) in [5, 5.41) is 17.5. The van der Waals surface area contributed by atoms with Gasteiger partial charge in [-0.05, 0) is 18.6 Å². The van der Waals surface area contributed by atoms with Crippen molar-refractivity contribution < 1.29 is 29.2 Å². The van der Waals surface area contributed by atoms with Gasteiger partial charge in [0, 0.05) is 11.1 Å². The zero-order valence-corrected chi connectivity index (χ0v) is 15.9. The molecule has 6 nitrogen and oxygen atoms in total. The van der Waals surface area contributed by atoms with E-state index in [1.807, 2.05) is 48.5 Å². The Morgan fingerprint density at radius 2 is 1.50 bits per heavy atom. The lowest BCUT2D eigenvalue weighted by atomic mass is 10.1. The highest BCUT2D eigenvalue weighted by molar-refractivity contribution is 5.84. The number of aliphatic carboxylic acids is 1. The molecule has 2 unspecified atom stereocenters. The number of ether oxygens (including phenoxy) is 3. The molecule has 0 saturated carbocycles. The van der Waals surface area contributed by atoms with Gasteiger partial charge in [-0.3, -0.25) is 0 Å². The second kappa shape index (κ2) is 11.2.